The molecule has 0 saturated carbocycles. The molecule has 1 N–H and O–H groups in total. The summed E-state index contributed by atoms with van der Waals surface area (Å²) in [5.41, 5.74) is 0.746. The second kappa shape index (κ2) is 8.46. The van der Waals surface area contributed by atoms with Gasteiger partial charge in [0, 0.05) is 25.0 Å². The molecule has 22 heavy (non-hydrogen) atoms. The first-order valence-electron chi connectivity index (χ1n) is 6.99. The van der Waals surface area contributed by atoms with Crippen molar-refractivity contribution in [3.05, 3.63) is 47.9 Å². The van der Waals surface area contributed by atoms with Gasteiger partial charge in [-0.1, -0.05) is 19.1 Å². The summed E-state index contributed by atoms with van der Waals surface area (Å²) in [4.78, 5) is 11.7. The molecule has 1 aliphatic carbocycles. The van der Waals surface area contributed by atoms with Crippen molar-refractivity contribution in [3.63, 3.8) is 0 Å². The topological polar surface area (TPSA) is 38.3 Å². The van der Waals surface area contributed by atoms with Gasteiger partial charge in [-0.3, -0.25) is 4.79 Å². The highest BCUT2D eigenvalue weighted by molar-refractivity contribution is 5.95. The van der Waals surface area contributed by atoms with E-state index in [-0.39, 0.29) is 17.8 Å². The molecule has 1 unspecified atom stereocenters. The van der Waals surface area contributed by atoms with Crippen molar-refractivity contribution in [2.24, 2.45) is 5.92 Å². The summed E-state index contributed by atoms with van der Waals surface area (Å²) in [7, 11) is 1.56. The zero-order valence-electron chi connectivity index (χ0n) is 12.6. The van der Waals surface area contributed by atoms with E-state index in [4.69, 9.17) is 4.74 Å². The normalized spacial score (nSPS) is 19.2. The van der Waals surface area contributed by atoms with E-state index in [1.807, 2.05) is 6.92 Å². The third-order valence-electron chi connectivity index (χ3n) is 3.21. The third kappa shape index (κ3) is 6.20. The van der Waals surface area contributed by atoms with Gasteiger partial charge in [0.2, 0.25) is 0 Å². The number of hydrogen-bond donors (Lipinski definition) is 1. The molecule has 0 aromatic carbocycles. The Hall–Kier alpha value is -1.98. The molecule has 0 bridgehead atoms. The maximum absolute atomic E-state index is 11.9. The Labute approximate surface area is 128 Å². The molecule has 0 amide bonds. The van der Waals surface area contributed by atoms with Crippen molar-refractivity contribution < 1.29 is 22.7 Å². The molecular formula is C16H20F3NO2. The maximum Gasteiger partial charge on any atom is 0.409 e. The lowest BCUT2D eigenvalue weighted by atomic mass is 9.89. The van der Waals surface area contributed by atoms with Crippen LogP contribution in [-0.2, 0) is 9.53 Å². The molecule has 1 rings (SSSR count). The largest absolute Gasteiger partial charge is 0.501 e. The molecule has 0 radical (unpaired) electrons. The molecule has 122 valence electrons. The first kappa shape index (κ1) is 18.1. The average molecular weight is 315 g/mol. The predicted octanol–water partition coefficient (Wildman–Crippen LogP) is 3.66. The van der Waals surface area contributed by atoms with Gasteiger partial charge in [-0.25, -0.2) is 0 Å². The van der Waals surface area contributed by atoms with Crippen LogP contribution in [0.4, 0.5) is 13.2 Å². The summed E-state index contributed by atoms with van der Waals surface area (Å²) >= 11 is 0. The quantitative estimate of drug-likeness (QED) is 0.729. The van der Waals surface area contributed by atoms with Crippen molar-refractivity contribution >= 4 is 5.78 Å². The number of carbonyl (C=O) groups excluding carboxylic acids is 1. The molecule has 0 aliphatic heterocycles. The predicted molar refractivity (Wildman–Crippen MR) is 78.9 cm³/mol. The highest BCUT2D eigenvalue weighted by Gasteiger charge is 2.22. The van der Waals surface area contributed by atoms with Crippen molar-refractivity contribution in [2.45, 2.75) is 25.9 Å². The number of alkyl halides is 3. The fourth-order valence-corrected chi connectivity index (χ4v) is 2.09. The minimum atomic E-state index is -4.31. The second-order valence-electron chi connectivity index (χ2n) is 4.81. The van der Waals surface area contributed by atoms with Crippen LogP contribution in [0.25, 0.3) is 0 Å². The van der Waals surface area contributed by atoms with Gasteiger partial charge in [0.1, 0.15) is 5.76 Å². The number of ketones is 1. The summed E-state index contributed by atoms with van der Waals surface area (Å²) in [6, 6.07) is 0. The van der Waals surface area contributed by atoms with Crippen LogP contribution in [0.3, 0.4) is 0 Å². The number of ether oxygens (including phenoxy) is 1. The van der Waals surface area contributed by atoms with Crippen LogP contribution in [0.15, 0.2) is 47.9 Å². The maximum atomic E-state index is 11.9. The summed E-state index contributed by atoms with van der Waals surface area (Å²) in [6.45, 7) is 2.28. The Morgan fingerprint density at radius 2 is 2.14 bits per heavy atom. The molecule has 6 heteroatoms. The third-order valence-corrected chi connectivity index (χ3v) is 3.21. The average Bonchev–Trinajstić information content (AvgIpc) is 2.48. The Balaban J connectivity index is 2.53. The zero-order chi connectivity index (χ0) is 16.6. The van der Waals surface area contributed by atoms with Crippen LogP contribution in [0.2, 0.25) is 0 Å². The Bertz CT molecular complexity index is 502. The van der Waals surface area contributed by atoms with Crippen LogP contribution in [0.1, 0.15) is 19.8 Å². The monoisotopic (exact) mass is 315 g/mol. The fourth-order valence-electron chi connectivity index (χ4n) is 2.09. The van der Waals surface area contributed by atoms with Gasteiger partial charge < -0.3 is 10.1 Å². The molecular weight excluding hydrogens is 295 g/mol. The Morgan fingerprint density at radius 3 is 2.73 bits per heavy atom. The van der Waals surface area contributed by atoms with Gasteiger partial charge in [-0.05, 0) is 30.3 Å². The molecule has 0 aromatic heterocycles. The summed E-state index contributed by atoms with van der Waals surface area (Å²) in [5, 5.41) is 2.92. The fraction of sp³-hybridized carbons (Fsp3) is 0.438. The molecule has 0 aromatic rings. The number of methoxy groups -OCH3 is 1. The first-order valence-corrected chi connectivity index (χ1v) is 6.99. The summed E-state index contributed by atoms with van der Waals surface area (Å²) in [5.74, 6) is 0.830. The van der Waals surface area contributed by atoms with Crippen molar-refractivity contribution in [2.75, 3.05) is 13.7 Å². The van der Waals surface area contributed by atoms with E-state index in [1.54, 1.807) is 19.3 Å². The standard InChI is InChI=1S/C16H20F3NO2/c1-3-14(21)12-6-7-15(22-2)13(10-12)11-20-9-5-4-8-16(17,18)19/h4-9,13,20H,3,10-11H2,1-2H3/b8-4+,9-5-. The van der Waals surface area contributed by atoms with Crippen molar-refractivity contribution in [1.29, 1.82) is 0 Å². The lowest BCUT2D eigenvalue weighted by Crippen LogP contribution is -2.24. The van der Waals surface area contributed by atoms with Crippen LogP contribution in [-0.4, -0.2) is 25.6 Å². The number of halogens is 3. The van der Waals surface area contributed by atoms with Crippen molar-refractivity contribution in [1.82, 2.24) is 5.32 Å². The molecule has 0 fully saturated rings. The number of carbonyl (C=O) groups is 1. The Kier molecular flexibility index (Phi) is 6.95. The van der Waals surface area contributed by atoms with Gasteiger partial charge in [-0.15, -0.1) is 0 Å². The van der Waals surface area contributed by atoms with E-state index in [1.165, 1.54) is 12.3 Å². The lowest BCUT2D eigenvalue weighted by molar-refractivity contribution is -0.115. The minimum absolute atomic E-state index is 0.0169. The van der Waals surface area contributed by atoms with Crippen LogP contribution < -0.4 is 5.32 Å². The molecule has 0 saturated heterocycles. The molecule has 3 nitrogen and oxygen atoms in total. The molecule has 1 aliphatic rings. The number of Topliss-reactive ketones (excluding diaryl/α,β-unsaturated/α-hetero) is 1. The van der Waals surface area contributed by atoms with Gasteiger partial charge in [0.25, 0.3) is 0 Å². The molecule has 0 spiro atoms. The second-order valence-corrected chi connectivity index (χ2v) is 4.81. The highest BCUT2D eigenvalue weighted by atomic mass is 19.4. The Morgan fingerprint density at radius 1 is 1.41 bits per heavy atom. The van der Waals surface area contributed by atoms with E-state index >= 15 is 0 Å². The van der Waals surface area contributed by atoms with Gasteiger partial charge in [0.05, 0.1) is 7.11 Å². The van der Waals surface area contributed by atoms with E-state index < -0.39 is 6.18 Å². The lowest BCUT2D eigenvalue weighted by Gasteiger charge is -2.23. The summed E-state index contributed by atoms with van der Waals surface area (Å²) in [6.07, 6.45) is 4.04. The smallest absolute Gasteiger partial charge is 0.409 e. The number of hydrogen-bond acceptors (Lipinski definition) is 3. The van der Waals surface area contributed by atoms with E-state index in [0.717, 1.165) is 17.4 Å². The van der Waals surface area contributed by atoms with Crippen molar-refractivity contribution in [3.8, 4) is 0 Å². The zero-order valence-corrected chi connectivity index (χ0v) is 12.6. The van der Waals surface area contributed by atoms with Crippen LogP contribution >= 0.6 is 0 Å². The minimum Gasteiger partial charge on any atom is -0.501 e. The number of rotatable bonds is 7. The van der Waals surface area contributed by atoms with Crippen LogP contribution in [0, 0.1) is 5.92 Å². The SMILES string of the molecule is CCC(=O)C1=CC=C(OC)C(CN/C=C\C=C\C(F)(F)F)C1. The molecule has 0 heterocycles. The van der Waals surface area contributed by atoms with Crippen LogP contribution in [0.5, 0.6) is 0 Å². The van der Waals surface area contributed by atoms with E-state index in [2.05, 4.69) is 5.32 Å². The van der Waals surface area contributed by atoms with E-state index in [0.29, 0.717) is 19.4 Å². The first-order chi connectivity index (χ1) is 10.4. The van der Waals surface area contributed by atoms with Gasteiger partial charge in [0.15, 0.2) is 5.78 Å². The number of nitrogens with one attached hydrogen (secondary N) is 1. The van der Waals surface area contributed by atoms with Gasteiger partial charge >= 0.3 is 6.18 Å². The molecule has 1 atom stereocenters. The van der Waals surface area contributed by atoms with E-state index in [9.17, 15) is 18.0 Å². The number of allylic oxidation sites excluding steroid dienone is 6. The summed E-state index contributed by atoms with van der Waals surface area (Å²) < 4.78 is 41.0. The van der Waals surface area contributed by atoms with Gasteiger partial charge in [-0.2, -0.15) is 13.2 Å². The highest BCUT2D eigenvalue weighted by Crippen LogP contribution is 2.26.